The highest BCUT2D eigenvalue weighted by molar-refractivity contribution is 7.80. The van der Waals surface area contributed by atoms with Crippen molar-refractivity contribution in [2.75, 3.05) is 0 Å². The molecule has 78 valence electrons. The summed E-state index contributed by atoms with van der Waals surface area (Å²) in [6, 6.07) is 0.776. The van der Waals surface area contributed by atoms with Crippen LogP contribution in [0.5, 0.6) is 0 Å². The summed E-state index contributed by atoms with van der Waals surface area (Å²) in [5, 5.41) is 7.19. The van der Waals surface area contributed by atoms with Gasteiger partial charge in [-0.3, -0.25) is 0 Å². The molecule has 2 N–H and O–H groups in total. The zero-order valence-corrected chi connectivity index (χ0v) is 10.4. The van der Waals surface area contributed by atoms with Crippen molar-refractivity contribution >= 4 is 17.3 Å². The summed E-state index contributed by atoms with van der Waals surface area (Å²) in [6.07, 6.45) is 0. The van der Waals surface area contributed by atoms with Gasteiger partial charge in [-0.1, -0.05) is 20.8 Å². The highest BCUT2D eigenvalue weighted by Crippen LogP contribution is 2.18. The van der Waals surface area contributed by atoms with Gasteiger partial charge >= 0.3 is 0 Å². The van der Waals surface area contributed by atoms with Crippen LogP contribution in [0.4, 0.5) is 0 Å². The van der Waals surface area contributed by atoms with Crippen molar-refractivity contribution in [3.8, 4) is 0 Å². The van der Waals surface area contributed by atoms with Gasteiger partial charge < -0.3 is 10.6 Å². The third kappa shape index (κ3) is 5.86. The molecule has 0 spiro atoms. The van der Waals surface area contributed by atoms with Crippen LogP contribution in [0.15, 0.2) is 0 Å². The normalized spacial score (nSPS) is 14.1. The Morgan fingerprint density at radius 3 is 1.85 bits per heavy atom. The van der Waals surface area contributed by atoms with E-state index in [4.69, 9.17) is 12.2 Å². The van der Waals surface area contributed by atoms with E-state index in [-0.39, 0.29) is 5.41 Å². The number of thiocarbonyl (C=S) groups is 1. The molecule has 0 saturated heterocycles. The average molecular weight is 202 g/mol. The number of hydrogen-bond donors (Lipinski definition) is 2. The molecular formula is C10H22N2S. The maximum atomic E-state index is 5.15. The van der Waals surface area contributed by atoms with Crippen molar-refractivity contribution < 1.29 is 0 Å². The van der Waals surface area contributed by atoms with E-state index in [0.717, 1.165) is 5.11 Å². The fourth-order valence-corrected chi connectivity index (χ4v) is 1.13. The Hall–Kier alpha value is -0.310. The van der Waals surface area contributed by atoms with E-state index < -0.39 is 0 Å². The van der Waals surface area contributed by atoms with Crippen LogP contribution in [-0.2, 0) is 0 Å². The average Bonchev–Trinajstić information content (AvgIpc) is 1.82. The van der Waals surface area contributed by atoms with Gasteiger partial charge in [0.05, 0.1) is 0 Å². The summed E-state index contributed by atoms with van der Waals surface area (Å²) < 4.78 is 0. The van der Waals surface area contributed by atoms with E-state index in [9.17, 15) is 0 Å². The molecule has 13 heavy (non-hydrogen) atoms. The Balaban J connectivity index is 3.93. The van der Waals surface area contributed by atoms with Gasteiger partial charge in [0.1, 0.15) is 0 Å². The van der Waals surface area contributed by atoms with Gasteiger partial charge in [-0.05, 0) is 38.4 Å². The van der Waals surface area contributed by atoms with Gasteiger partial charge in [0.15, 0.2) is 5.11 Å². The first kappa shape index (κ1) is 12.7. The first-order chi connectivity index (χ1) is 5.73. The maximum absolute atomic E-state index is 5.15. The smallest absolute Gasteiger partial charge is 0.166 e. The second-order valence-electron chi connectivity index (χ2n) is 4.86. The van der Waals surface area contributed by atoms with E-state index in [2.05, 4.69) is 52.2 Å². The molecule has 1 unspecified atom stereocenters. The third-order valence-corrected chi connectivity index (χ3v) is 2.30. The molecule has 0 radical (unpaired) electrons. The van der Waals surface area contributed by atoms with Crippen molar-refractivity contribution in [3.05, 3.63) is 0 Å². The third-order valence-electron chi connectivity index (χ3n) is 2.07. The van der Waals surface area contributed by atoms with Gasteiger partial charge in [0.2, 0.25) is 0 Å². The minimum Gasteiger partial charge on any atom is -0.361 e. The summed E-state index contributed by atoms with van der Waals surface area (Å²) in [7, 11) is 0. The molecule has 0 aliphatic heterocycles. The van der Waals surface area contributed by atoms with Gasteiger partial charge in [-0.25, -0.2) is 0 Å². The van der Waals surface area contributed by atoms with Crippen molar-refractivity contribution in [2.45, 2.75) is 53.6 Å². The molecule has 0 bridgehead atoms. The fourth-order valence-electron chi connectivity index (χ4n) is 0.717. The van der Waals surface area contributed by atoms with Crippen LogP contribution in [0.3, 0.4) is 0 Å². The molecule has 0 saturated carbocycles. The minimum absolute atomic E-state index is 0.239. The van der Waals surface area contributed by atoms with Gasteiger partial charge in [0.25, 0.3) is 0 Å². The summed E-state index contributed by atoms with van der Waals surface area (Å²) >= 11 is 5.15. The lowest BCUT2D eigenvalue weighted by Crippen LogP contribution is -2.47. The molecule has 0 aromatic heterocycles. The second kappa shape index (κ2) is 4.80. The van der Waals surface area contributed by atoms with Crippen LogP contribution in [-0.4, -0.2) is 17.2 Å². The van der Waals surface area contributed by atoms with Crippen LogP contribution < -0.4 is 10.6 Å². The van der Waals surface area contributed by atoms with Crippen LogP contribution >= 0.6 is 12.2 Å². The predicted octanol–water partition coefficient (Wildman–Crippen LogP) is 2.29. The fraction of sp³-hybridized carbons (Fsp3) is 0.900. The summed E-state index contributed by atoms with van der Waals surface area (Å²) in [5.74, 6) is 0. The second-order valence-corrected chi connectivity index (χ2v) is 5.27. The molecule has 1 atom stereocenters. The first-order valence-electron chi connectivity index (χ1n) is 4.80. The maximum Gasteiger partial charge on any atom is 0.166 e. The van der Waals surface area contributed by atoms with E-state index in [0.29, 0.717) is 12.1 Å². The monoisotopic (exact) mass is 202 g/mol. The molecule has 2 nitrogen and oxygen atoms in total. The zero-order chi connectivity index (χ0) is 10.6. The Labute approximate surface area is 87.5 Å². The van der Waals surface area contributed by atoms with Crippen molar-refractivity contribution in [3.63, 3.8) is 0 Å². The standard InChI is InChI=1S/C10H22N2S/c1-7(2)11-9(13)12-8(3)10(4,5)6/h7-8H,1-6H3,(H2,11,12,13). The van der Waals surface area contributed by atoms with Gasteiger partial charge in [-0.15, -0.1) is 0 Å². The number of rotatable bonds is 2. The van der Waals surface area contributed by atoms with E-state index in [1.165, 1.54) is 0 Å². The molecule has 0 aromatic carbocycles. The summed E-state index contributed by atoms with van der Waals surface area (Å²) in [5.41, 5.74) is 0.239. The predicted molar refractivity (Wildman–Crippen MR) is 62.9 cm³/mol. The number of nitrogens with one attached hydrogen (secondary N) is 2. The minimum atomic E-state index is 0.239. The molecule has 3 heteroatoms. The molecule has 0 aliphatic rings. The molecule has 0 heterocycles. The van der Waals surface area contributed by atoms with E-state index in [1.54, 1.807) is 0 Å². The summed E-state index contributed by atoms with van der Waals surface area (Å²) in [4.78, 5) is 0. The Kier molecular flexibility index (Phi) is 4.68. The SMILES string of the molecule is CC(C)NC(=S)NC(C)C(C)(C)C. The van der Waals surface area contributed by atoms with Crippen molar-refractivity contribution in [1.29, 1.82) is 0 Å². The largest absolute Gasteiger partial charge is 0.361 e. The summed E-state index contributed by atoms with van der Waals surface area (Å²) in [6.45, 7) is 12.9. The van der Waals surface area contributed by atoms with Crippen LogP contribution in [0, 0.1) is 5.41 Å². The van der Waals surface area contributed by atoms with Gasteiger partial charge in [-0.2, -0.15) is 0 Å². The molecule has 0 aromatic rings. The Bertz CT molecular complexity index is 170. The van der Waals surface area contributed by atoms with Crippen molar-refractivity contribution in [1.82, 2.24) is 10.6 Å². The molecular weight excluding hydrogens is 180 g/mol. The molecule has 0 rings (SSSR count). The topological polar surface area (TPSA) is 24.1 Å². The highest BCUT2D eigenvalue weighted by atomic mass is 32.1. The first-order valence-corrected chi connectivity index (χ1v) is 5.21. The van der Waals surface area contributed by atoms with E-state index in [1.807, 2.05) is 0 Å². The molecule has 0 fully saturated rings. The quantitative estimate of drug-likeness (QED) is 0.672. The highest BCUT2D eigenvalue weighted by Gasteiger charge is 2.20. The lowest BCUT2D eigenvalue weighted by atomic mass is 9.88. The van der Waals surface area contributed by atoms with Gasteiger partial charge in [0, 0.05) is 12.1 Å². The van der Waals surface area contributed by atoms with E-state index >= 15 is 0 Å². The number of hydrogen-bond acceptors (Lipinski definition) is 1. The Morgan fingerprint density at radius 2 is 1.54 bits per heavy atom. The lowest BCUT2D eigenvalue weighted by Gasteiger charge is -2.29. The zero-order valence-electron chi connectivity index (χ0n) is 9.56. The van der Waals surface area contributed by atoms with Crippen LogP contribution in [0.2, 0.25) is 0 Å². The van der Waals surface area contributed by atoms with Crippen molar-refractivity contribution in [2.24, 2.45) is 5.41 Å². The lowest BCUT2D eigenvalue weighted by molar-refractivity contribution is 0.315. The van der Waals surface area contributed by atoms with Crippen LogP contribution in [0.1, 0.15) is 41.5 Å². The Morgan fingerprint density at radius 1 is 1.08 bits per heavy atom. The van der Waals surface area contributed by atoms with Crippen LogP contribution in [0.25, 0.3) is 0 Å². The molecule has 0 aliphatic carbocycles. The molecule has 0 amide bonds.